The second kappa shape index (κ2) is 12.6. The summed E-state index contributed by atoms with van der Waals surface area (Å²) in [6.07, 6.45) is -1.68. The first kappa shape index (κ1) is 30.8. The van der Waals surface area contributed by atoms with Gasteiger partial charge in [0.2, 0.25) is 0 Å². The highest BCUT2D eigenvalue weighted by Crippen LogP contribution is 2.39. The molecule has 0 unspecified atom stereocenters. The number of nitrogens with two attached hydrogens (primary N) is 2. The van der Waals surface area contributed by atoms with Crippen LogP contribution in [0, 0.1) is 6.92 Å². The Morgan fingerprint density at radius 2 is 2.00 bits per heavy atom. The lowest BCUT2D eigenvalue weighted by atomic mass is 10.1. The Morgan fingerprint density at radius 1 is 1.30 bits per heavy atom. The predicted molar refractivity (Wildman–Crippen MR) is 148 cm³/mol. The van der Waals surface area contributed by atoms with E-state index in [4.69, 9.17) is 27.9 Å². The molecule has 1 aromatic heterocycles. The molecule has 0 spiro atoms. The third-order valence-electron chi connectivity index (χ3n) is 6.18. The molecular weight excluding hydrogens is 551 g/mol. The normalized spacial score (nSPS) is 12.1. The molecule has 0 saturated carbocycles. The Balaban J connectivity index is 1.96. The van der Waals surface area contributed by atoms with Crippen molar-refractivity contribution >= 4 is 34.6 Å². The fourth-order valence-corrected chi connectivity index (χ4v) is 4.18. The number of carbonyl (C=O) groups is 1. The van der Waals surface area contributed by atoms with Gasteiger partial charge in [0, 0.05) is 48.7 Å². The summed E-state index contributed by atoms with van der Waals surface area (Å²) in [5.41, 5.74) is 7.27. The second-order valence-corrected chi connectivity index (χ2v) is 9.46. The summed E-state index contributed by atoms with van der Waals surface area (Å²) in [6, 6.07) is 5.98. The summed E-state index contributed by atoms with van der Waals surface area (Å²) in [5.74, 6) is 5.52. The summed E-state index contributed by atoms with van der Waals surface area (Å²) in [7, 11) is 4.70. The number of benzene rings is 2. The molecule has 1 heterocycles. The van der Waals surface area contributed by atoms with Gasteiger partial charge in [-0.05, 0) is 44.3 Å². The van der Waals surface area contributed by atoms with E-state index in [9.17, 15) is 23.1 Å². The zero-order valence-electron chi connectivity index (χ0n) is 22.4. The lowest BCUT2D eigenvalue weighted by Crippen LogP contribution is -2.26. The van der Waals surface area contributed by atoms with Crippen molar-refractivity contribution in [2.45, 2.75) is 19.6 Å². The molecule has 1 amide bonds. The van der Waals surface area contributed by atoms with Gasteiger partial charge in [-0.25, -0.2) is 5.84 Å². The Bertz CT molecular complexity index is 1410. The number of ether oxygens (including phenoxy) is 1. The van der Waals surface area contributed by atoms with Gasteiger partial charge in [0.15, 0.2) is 0 Å². The maximum Gasteiger partial charge on any atom is 0.416 e. The molecule has 0 atom stereocenters. The lowest BCUT2D eigenvalue weighted by molar-refractivity contribution is -0.137. The van der Waals surface area contributed by atoms with Gasteiger partial charge < -0.3 is 20.9 Å². The van der Waals surface area contributed by atoms with Crippen molar-refractivity contribution in [3.63, 3.8) is 0 Å². The van der Waals surface area contributed by atoms with E-state index < -0.39 is 17.6 Å². The summed E-state index contributed by atoms with van der Waals surface area (Å²) < 4.78 is 48.2. The minimum absolute atomic E-state index is 0.0356. The number of alkyl halides is 3. The van der Waals surface area contributed by atoms with Crippen LogP contribution in [-0.4, -0.2) is 53.0 Å². The minimum atomic E-state index is -4.68. The van der Waals surface area contributed by atoms with Crippen LogP contribution in [0.5, 0.6) is 5.75 Å². The van der Waals surface area contributed by atoms with Gasteiger partial charge in [0.25, 0.3) is 5.91 Å². The number of carbonyl (C=O) groups excluding carboxylic acids is 1. The zero-order valence-corrected chi connectivity index (χ0v) is 23.1. The molecule has 3 aromatic rings. The quantitative estimate of drug-likeness (QED) is 0.210. The van der Waals surface area contributed by atoms with Crippen LogP contribution in [0.1, 0.15) is 32.7 Å². The van der Waals surface area contributed by atoms with Gasteiger partial charge in [0.05, 0.1) is 47.6 Å². The maximum absolute atomic E-state index is 13.7. The van der Waals surface area contributed by atoms with Crippen LogP contribution in [0.4, 0.5) is 24.5 Å². The zero-order chi connectivity index (χ0) is 29.8. The van der Waals surface area contributed by atoms with Crippen LogP contribution in [0.15, 0.2) is 42.7 Å². The number of likely N-dealkylation sites (N-methyl/N-ethyl adjacent to an activating group) is 1. The van der Waals surface area contributed by atoms with Gasteiger partial charge in [-0.15, -0.1) is 0 Å². The van der Waals surface area contributed by atoms with Crippen LogP contribution in [0.2, 0.25) is 5.02 Å². The Kier molecular flexibility index (Phi) is 9.69. The van der Waals surface area contributed by atoms with E-state index in [0.717, 1.165) is 22.8 Å². The highest BCUT2D eigenvalue weighted by atomic mass is 35.5. The molecule has 0 fully saturated rings. The first-order chi connectivity index (χ1) is 18.8. The van der Waals surface area contributed by atoms with Crippen LogP contribution < -0.4 is 26.6 Å². The summed E-state index contributed by atoms with van der Waals surface area (Å²) in [5, 5.41) is 17.2. The largest absolute Gasteiger partial charge is 0.494 e. The van der Waals surface area contributed by atoms with Crippen LogP contribution in [0.25, 0.3) is 5.70 Å². The SMILES string of the molecule is COc1c(CN(C)CCO)cc(C(F)(F)F)cc1NC(=O)c1ccc(Cl)c(N(N)/C=C(\N)c2cnn(C)c2C)c1. The van der Waals surface area contributed by atoms with Gasteiger partial charge in [-0.2, -0.15) is 18.3 Å². The molecule has 14 heteroatoms. The number of hydrazine groups is 1. The average Bonchev–Trinajstić information content (AvgIpc) is 3.21. The molecule has 0 radical (unpaired) electrons. The van der Waals surface area contributed by atoms with Crippen molar-refractivity contribution < 1.29 is 27.8 Å². The molecule has 0 aliphatic rings. The first-order valence-corrected chi connectivity index (χ1v) is 12.3. The number of aliphatic hydroxyl groups excluding tert-OH is 1. The van der Waals surface area contributed by atoms with Crippen molar-refractivity contribution in [1.82, 2.24) is 14.7 Å². The van der Waals surface area contributed by atoms with E-state index in [-0.39, 0.29) is 53.0 Å². The fourth-order valence-electron chi connectivity index (χ4n) is 3.96. The molecule has 0 aliphatic heterocycles. The molecule has 10 nitrogen and oxygen atoms in total. The highest BCUT2D eigenvalue weighted by molar-refractivity contribution is 6.33. The van der Waals surface area contributed by atoms with Crippen molar-refractivity contribution in [2.24, 2.45) is 18.6 Å². The lowest BCUT2D eigenvalue weighted by Gasteiger charge is -2.22. The number of nitrogens with zero attached hydrogens (tertiary/aromatic N) is 4. The number of nitrogens with one attached hydrogen (secondary N) is 1. The van der Waals surface area contributed by atoms with Crippen LogP contribution in [0.3, 0.4) is 0 Å². The molecule has 0 bridgehead atoms. The van der Waals surface area contributed by atoms with E-state index in [0.29, 0.717) is 11.3 Å². The Hall–Kier alpha value is -3.78. The predicted octanol–water partition coefficient (Wildman–Crippen LogP) is 3.72. The Morgan fingerprint density at radius 3 is 2.58 bits per heavy atom. The molecule has 6 N–H and O–H groups in total. The fraction of sp³-hybridized carbons (Fsp3) is 0.308. The number of aliphatic hydroxyl groups is 1. The molecule has 2 aromatic carbocycles. The van der Waals surface area contributed by atoms with E-state index in [1.54, 1.807) is 29.9 Å². The number of hydrogen-bond donors (Lipinski definition) is 4. The van der Waals surface area contributed by atoms with Crippen LogP contribution >= 0.6 is 11.6 Å². The van der Waals surface area contributed by atoms with E-state index in [1.807, 2.05) is 6.92 Å². The van der Waals surface area contributed by atoms with Crippen molar-refractivity contribution in [2.75, 3.05) is 37.6 Å². The summed E-state index contributed by atoms with van der Waals surface area (Å²) in [4.78, 5) is 14.8. The molecule has 3 rings (SSSR count). The van der Waals surface area contributed by atoms with Crippen LogP contribution in [-0.2, 0) is 19.8 Å². The van der Waals surface area contributed by atoms with Gasteiger partial charge in [-0.1, -0.05) is 11.6 Å². The number of aryl methyl sites for hydroxylation is 1. The molecular formula is C26H31ClF3N7O3. The molecule has 0 aliphatic carbocycles. The minimum Gasteiger partial charge on any atom is -0.494 e. The number of methoxy groups -OCH3 is 1. The maximum atomic E-state index is 13.7. The molecule has 40 heavy (non-hydrogen) atoms. The topological polar surface area (TPSA) is 135 Å². The summed E-state index contributed by atoms with van der Waals surface area (Å²) >= 11 is 6.33. The van der Waals surface area contributed by atoms with Gasteiger partial charge in [-0.3, -0.25) is 19.4 Å². The Labute approximate surface area is 234 Å². The standard InChI is InChI=1S/C26H31ClF3N7O3/c1-15-19(12-33-36(15)3)21(31)14-37(32)23-10-16(5-6-20(23)27)25(39)34-22-11-18(26(28,29)30)9-17(24(22)40-4)13-35(2)7-8-38/h5-6,9-12,14,38H,7-8,13,31-32H2,1-4H3,(H,34,39)/b21-14-. The highest BCUT2D eigenvalue weighted by Gasteiger charge is 2.33. The average molecular weight is 582 g/mol. The monoisotopic (exact) mass is 581 g/mol. The third kappa shape index (κ3) is 7.04. The number of amides is 1. The van der Waals surface area contributed by atoms with E-state index in [2.05, 4.69) is 10.4 Å². The summed E-state index contributed by atoms with van der Waals surface area (Å²) in [6.45, 7) is 1.92. The third-order valence-corrected chi connectivity index (χ3v) is 6.50. The number of anilines is 2. The number of hydrogen-bond acceptors (Lipinski definition) is 8. The second-order valence-electron chi connectivity index (χ2n) is 9.05. The van der Waals surface area contributed by atoms with E-state index >= 15 is 0 Å². The number of halogens is 4. The van der Waals surface area contributed by atoms with Crippen molar-refractivity contribution in [1.29, 1.82) is 0 Å². The molecule has 216 valence electrons. The first-order valence-electron chi connectivity index (χ1n) is 11.9. The smallest absolute Gasteiger partial charge is 0.416 e. The van der Waals surface area contributed by atoms with Gasteiger partial charge >= 0.3 is 6.18 Å². The van der Waals surface area contributed by atoms with Gasteiger partial charge in [0.1, 0.15) is 5.75 Å². The number of aromatic nitrogens is 2. The molecule has 0 saturated heterocycles. The van der Waals surface area contributed by atoms with E-state index in [1.165, 1.54) is 31.5 Å². The van der Waals surface area contributed by atoms with Crippen molar-refractivity contribution in [3.8, 4) is 5.75 Å². The number of rotatable bonds is 10. The van der Waals surface area contributed by atoms with Crippen molar-refractivity contribution in [3.05, 3.63) is 75.7 Å².